The van der Waals surface area contributed by atoms with Gasteiger partial charge in [-0.1, -0.05) is 69.0 Å². The van der Waals surface area contributed by atoms with Crippen molar-refractivity contribution in [3.8, 4) is 0 Å². The molecule has 0 nitrogen and oxygen atoms in total. The van der Waals surface area contributed by atoms with Gasteiger partial charge in [0.25, 0.3) is 0 Å². The first kappa shape index (κ1) is 24.1. The van der Waals surface area contributed by atoms with E-state index >= 15 is 4.39 Å². The molecule has 1 aliphatic rings. The molecule has 6 heteroatoms. The quantitative estimate of drug-likeness (QED) is 0.259. The fraction of sp³-hybridized carbons (Fsp3) is 0.520. The van der Waals surface area contributed by atoms with E-state index in [1.807, 2.05) is 12.1 Å². The van der Waals surface area contributed by atoms with Crippen LogP contribution >= 0.6 is 11.2 Å². The van der Waals surface area contributed by atoms with Crippen LogP contribution in [0.15, 0.2) is 53.4 Å². The molecule has 1 aliphatic carbocycles. The van der Waals surface area contributed by atoms with Crippen molar-refractivity contribution in [2.24, 2.45) is 0 Å². The molecule has 3 atom stereocenters. The van der Waals surface area contributed by atoms with Gasteiger partial charge in [-0.15, -0.1) is 11.7 Å². The van der Waals surface area contributed by atoms with Crippen molar-refractivity contribution in [2.75, 3.05) is 0 Å². The first-order valence-corrected chi connectivity index (χ1v) is 12.5. The molecule has 3 unspecified atom stereocenters. The van der Waals surface area contributed by atoms with Gasteiger partial charge in [-0.25, -0.2) is 8.78 Å². The van der Waals surface area contributed by atoms with Crippen LogP contribution in [0.1, 0.15) is 80.9 Å². The maximum atomic E-state index is 15.5. The molecular weight excluding hydrogens is 427 g/mol. The Balaban J connectivity index is 1.59. The second-order valence-corrected chi connectivity index (χ2v) is 9.92. The lowest BCUT2D eigenvalue weighted by Gasteiger charge is -2.37. The molecule has 0 N–H and O–H groups in total. The molecule has 0 bridgehead atoms. The van der Waals surface area contributed by atoms with Gasteiger partial charge < -0.3 is 0 Å². The zero-order chi connectivity index (χ0) is 22.5. The summed E-state index contributed by atoms with van der Waals surface area (Å²) in [6.07, 6.45) is 5.92. The fourth-order valence-electron chi connectivity index (χ4n) is 4.50. The molecule has 0 aliphatic heterocycles. The maximum absolute atomic E-state index is 15.5. The summed E-state index contributed by atoms with van der Waals surface area (Å²) in [5.41, 5.74) is 0.0493. The Labute approximate surface area is 184 Å². The normalized spacial score (nSPS) is 24.8. The van der Waals surface area contributed by atoms with Crippen LogP contribution in [0.25, 0.3) is 0 Å². The van der Waals surface area contributed by atoms with Crippen LogP contribution in [-0.4, -0.2) is 6.17 Å². The Bertz CT molecular complexity index is 815. The van der Waals surface area contributed by atoms with E-state index < -0.39 is 27.9 Å². The van der Waals surface area contributed by atoms with Gasteiger partial charge in [0.1, 0.15) is 6.17 Å². The zero-order valence-corrected chi connectivity index (χ0v) is 18.8. The summed E-state index contributed by atoms with van der Waals surface area (Å²) in [4.78, 5) is -0.769. The van der Waals surface area contributed by atoms with E-state index in [0.717, 1.165) is 42.7 Å². The van der Waals surface area contributed by atoms with Crippen LogP contribution in [0.3, 0.4) is 0 Å². The highest BCUT2D eigenvalue weighted by molar-refractivity contribution is 8.20. The minimum absolute atomic E-state index is 0.00395. The van der Waals surface area contributed by atoms with Crippen molar-refractivity contribution in [3.05, 3.63) is 65.2 Å². The average Bonchev–Trinajstić information content (AvgIpc) is 2.75. The molecule has 1 saturated carbocycles. The predicted octanol–water partition coefficient (Wildman–Crippen LogP) is 9.49. The molecule has 3 rings (SSSR count). The molecule has 0 spiro atoms. The Hall–Kier alpha value is -1.56. The van der Waals surface area contributed by atoms with Gasteiger partial charge in [-0.2, -0.15) is 0 Å². The first-order valence-electron chi connectivity index (χ1n) is 11.2. The van der Waals surface area contributed by atoms with E-state index in [9.17, 15) is 16.0 Å². The lowest BCUT2D eigenvalue weighted by atomic mass is 9.73. The van der Waals surface area contributed by atoms with Crippen LogP contribution in [0.2, 0.25) is 0 Å². The number of halogens is 5. The summed E-state index contributed by atoms with van der Waals surface area (Å²) in [6.45, 7) is 2.20. The largest absolute Gasteiger partial charge is 0.244 e. The van der Waals surface area contributed by atoms with E-state index in [1.165, 1.54) is 31.2 Å². The van der Waals surface area contributed by atoms with Crippen LogP contribution in [0.5, 0.6) is 0 Å². The number of hydrogen-bond acceptors (Lipinski definition) is 0. The molecule has 0 saturated heterocycles. The molecule has 172 valence electrons. The van der Waals surface area contributed by atoms with Gasteiger partial charge in [0, 0.05) is 0 Å². The number of unbranched alkanes of at least 4 members (excludes halogenated alkanes) is 4. The molecule has 31 heavy (non-hydrogen) atoms. The fourth-order valence-corrected chi connectivity index (χ4v) is 4.94. The van der Waals surface area contributed by atoms with Gasteiger partial charge in [0.05, 0.1) is 4.90 Å². The number of rotatable bonds is 9. The molecule has 2 aromatic carbocycles. The molecule has 0 radical (unpaired) electrons. The van der Waals surface area contributed by atoms with Crippen molar-refractivity contribution in [2.45, 2.75) is 87.4 Å². The Morgan fingerprint density at radius 1 is 0.903 bits per heavy atom. The monoisotopic (exact) mass is 458 g/mol. The van der Waals surface area contributed by atoms with E-state index in [1.54, 1.807) is 0 Å². The minimum Gasteiger partial charge on any atom is -0.244 e. The number of benzene rings is 2. The SMILES string of the molecule is CCCCCCCc1ccc(C2CCC(F)(c3ccc(S(F)(F)F)cc3)C(F)C2)cc1. The molecule has 1 fully saturated rings. The highest BCUT2D eigenvalue weighted by Crippen LogP contribution is 2.60. The number of hydrogen-bond donors (Lipinski definition) is 0. The van der Waals surface area contributed by atoms with Crippen LogP contribution in [0, 0.1) is 0 Å². The van der Waals surface area contributed by atoms with Gasteiger partial charge in [0.15, 0.2) is 5.67 Å². The van der Waals surface area contributed by atoms with E-state index in [0.29, 0.717) is 6.42 Å². The highest BCUT2D eigenvalue weighted by atomic mass is 32.3. The van der Waals surface area contributed by atoms with Gasteiger partial charge >= 0.3 is 0 Å². The lowest BCUT2D eigenvalue weighted by Crippen LogP contribution is -2.38. The summed E-state index contributed by atoms with van der Waals surface area (Å²) in [7, 11) is 0. The van der Waals surface area contributed by atoms with Crippen molar-refractivity contribution in [3.63, 3.8) is 0 Å². The summed E-state index contributed by atoms with van der Waals surface area (Å²) >= 11 is -5.36. The smallest absolute Gasteiger partial charge is 0.237 e. The summed E-state index contributed by atoms with van der Waals surface area (Å²) in [6, 6.07) is 12.1. The van der Waals surface area contributed by atoms with E-state index in [2.05, 4.69) is 19.1 Å². The van der Waals surface area contributed by atoms with Gasteiger partial charge in [0.2, 0.25) is 11.2 Å². The van der Waals surface area contributed by atoms with Crippen molar-refractivity contribution in [1.29, 1.82) is 0 Å². The third kappa shape index (κ3) is 6.03. The van der Waals surface area contributed by atoms with Crippen molar-refractivity contribution >= 4 is 11.2 Å². The van der Waals surface area contributed by atoms with Crippen molar-refractivity contribution < 1.29 is 20.4 Å². The van der Waals surface area contributed by atoms with E-state index in [-0.39, 0.29) is 24.3 Å². The molecule has 0 aromatic heterocycles. The maximum Gasteiger partial charge on any atom is 0.237 e. The second-order valence-electron chi connectivity index (χ2n) is 8.64. The van der Waals surface area contributed by atoms with Crippen LogP contribution in [0.4, 0.5) is 20.4 Å². The van der Waals surface area contributed by atoms with Gasteiger partial charge in [-0.3, -0.25) is 0 Å². The summed E-state index contributed by atoms with van der Waals surface area (Å²) < 4.78 is 68.9. The molecule has 0 heterocycles. The Kier molecular flexibility index (Phi) is 8.06. The topological polar surface area (TPSA) is 0 Å². The molecule has 0 amide bonds. The highest BCUT2D eigenvalue weighted by Gasteiger charge is 2.46. The lowest BCUT2D eigenvalue weighted by molar-refractivity contribution is 0.00118. The standard InChI is InChI=1S/C25H31F5S/c1-2-3-4-5-6-7-19-8-10-20(11-9-19)21-16-17-25(27,24(26)18-21)22-12-14-23(15-13-22)31(28,29)30/h8-15,21,24H,2-7,16-18H2,1H3. The summed E-state index contributed by atoms with van der Waals surface area (Å²) in [5.74, 6) is -0.0728. The average molecular weight is 459 g/mol. The van der Waals surface area contributed by atoms with Crippen molar-refractivity contribution in [1.82, 2.24) is 0 Å². The minimum atomic E-state index is -5.36. The third-order valence-electron chi connectivity index (χ3n) is 6.47. The van der Waals surface area contributed by atoms with Crippen LogP contribution < -0.4 is 0 Å². The third-order valence-corrected chi connectivity index (χ3v) is 7.27. The zero-order valence-electron chi connectivity index (χ0n) is 17.9. The predicted molar refractivity (Wildman–Crippen MR) is 119 cm³/mol. The molecular formula is C25H31F5S. The van der Waals surface area contributed by atoms with Gasteiger partial charge in [-0.05, 0) is 66.8 Å². The molecule has 2 aromatic rings. The number of alkyl halides is 2. The van der Waals surface area contributed by atoms with E-state index in [4.69, 9.17) is 0 Å². The first-order chi connectivity index (χ1) is 14.7. The van der Waals surface area contributed by atoms with Crippen LogP contribution in [-0.2, 0) is 12.1 Å². The Morgan fingerprint density at radius 2 is 1.55 bits per heavy atom. The second kappa shape index (κ2) is 10.4. The summed E-state index contributed by atoms with van der Waals surface area (Å²) in [5, 5.41) is 0. The number of aryl methyl sites for hydroxylation is 1. The Morgan fingerprint density at radius 3 is 2.13 bits per heavy atom.